The molecule has 132 valence electrons. The van der Waals surface area contributed by atoms with Gasteiger partial charge in [0.05, 0.1) is 5.69 Å². The molecule has 0 aliphatic carbocycles. The lowest BCUT2D eigenvalue weighted by molar-refractivity contribution is 0.0707. The Morgan fingerprint density at radius 3 is 2.81 bits per heavy atom. The first kappa shape index (κ1) is 16.6. The molecule has 1 aromatic heterocycles. The zero-order valence-electron chi connectivity index (χ0n) is 15.0. The third kappa shape index (κ3) is 3.40. The number of aromatic nitrogens is 2. The predicted octanol–water partition coefficient (Wildman–Crippen LogP) is 4.20. The zero-order chi connectivity index (χ0) is 17.9. The van der Waals surface area contributed by atoms with E-state index in [0.717, 1.165) is 37.2 Å². The maximum Gasteiger partial charge on any atom is 0.253 e. The van der Waals surface area contributed by atoms with Crippen LogP contribution in [0.2, 0.25) is 0 Å². The largest absolute Gasteiger partial charge is 0.338 e. The van der Waals surface area contributed by atoms with E-state index in [1.165, 1.54) is 11.1 Å². The van der Waals surface area contributed by atoms with Gasteiger partial charge in [0.1, 0.15) is 0 Å². The topological polar surface area (TPSA) is 38.1 Å². The fourth-order valence-corrected chi connectivity index (χ4v) is 3.74. The van der Waals surface area contributed by atoms with Crippen molar-refractivity contribution < 1.29 is 4.79 Å². The fraction of sp³-hybridized carbons (Fsp3) is 0.273. The molecule has 0 unspecified atom stereocenters. The first-order valence-electron chi connectivity index (χ1n) is 9.16. The van der Waals surface area contributed by atoms with Crippen molar-refractivity contribution in [2.45, 2.75) is 25.7 Å². The van der Waals surface area contributed by atoms with E-state index in [2.05, 4.69) is 36.3 Å². The van der Waals surface area contributed by atoms with Gasteiger partial charge >= 0.3 is 0 Å². The van der Waals surface area contributed by atoms with Crippen LogP contribution in [0.15, 0.2) is 67.0 Å². The Balaban J connectivity index is 1.54. The number of piperidine rings is 1. The minimum Gasteiger partial charge on any atom is -0.338 e. The highest BCUT2D eigenvalue weighted by Crippen LogP contribution is 2.28. The molecular formula is C22H23N3O. The summed E-state index contributed by atoms with van der Waals surface area (Å²) in [4.78, 5) is 15.1. The van der Waals surface area contributed by atoms with Gasteiger partial charge in [0.15, 0.2) is 0 Å². The maximum atomic E-state index is 13.1. The third-order valence-corrected chi connectivity index (χ3v) is 5.08. The Labute approximate surface area is 154 Å². The predicted molar refractivity (Wildman–Crippen MR) is 103 cm³/mol. The van der Waals surface area contributed by atoms with Gasteiger partial charge in [0.25, 0.3) is 5.91 Å². The standard InChI is InChI=1S/C22H23N3O/c1-17-6-2-7-18(14-17)20-9-4-12-24(16-20)22(26)19-8-3-10-21(15-19)25-13-5-11-23-25/h2-3,5-8,10-11,13-15,20H,4,9,12,16H2,1H3/t20-/m0/s1. The summed E-state index contributed by atoms with van der Waals surface area (Å²) in [5.41, 5.74) is 4.25. The molecule has 0 bridgehead atoms. The smallest absolute Gasteiger partial charge is 0.253 e. The molecule has 2 heterocycles. The lowest BCUT2D eigenvalue weighted by Gasteiger charge is -2.33. The average Bonchev–Trinajstić information content (AvgIpc) is 3.22. The fourth-order valence-electron chi connectivity index (χ4n) is 3.74. The monoisotopic (exact) mass is 345 g/mol. The van der Waals surface area contributed by atoms with Crippen molar-refractivity contribution in [3.05, 3.63) is 83.7 Å². The summed E-state index contributed by atoms with van der Waals surface area (Å²) in [7, 11) is 0. The molecule has 0 radical (unpaired) electrons. The van der Waals surface area contributed by atoms with Gasteiger partial charge in [-0.2, -0.15) is 5.10 Å². The summed E-state index contributed by atoms with van der Waals surface area (Å²) < 4.78 is 1.78. The van der Waals surface area contributed by atoms with Crippen LogP contribution < -0.4 is 0 Å². The first-order chi connectivity index (χ1) is 12.7. The van der Waals surface area contributed by atoms with Gasteiger partial charge < -0.3 is 4.90 Å². The van der Waals surface area contributed by atoms with Crippen LogP contribution in [0.5, 0.6) is 0 Å². The van der Waals surface area contributed by atoms with Crippen molar-refractivity contribution in [2.24, 2.45) is 0 Å². The molecule has 4 rings (SSSR count). The molecule has 1 fully saturated rings. The Morgan fingerprint density at radius 1 is 1.12 bits per heavy atom. The van der Waals surface area contributed by atoms with Gasteiger partial charge in [-0.1, -0.05) is 35.9 Å². The number of hydrogen-bond acceptors (Lipinski definition) is 2. The molecule has 4 heteroatoms. The highest BCUT2D eigenvalue weighted by Gasteiger charge is 2.25. The van der Waals surface area contributed by atoms with E-state index in [4.69, 9.17) is 0 Å². The number of benzene rings is 2. The summed E-state index contributed by atoms with van der Waals surface area (Å²) in [6.07, 6.45) is 5.81. The first-order valence-corrected chi connectivity index (χ1v) is 9.16. The quantitative estimate of drug-likeness (QED) is 0.713. The van der Waals surface area contributed by atoms with Crippen molar-refractivity contribution in [1.82, 2.24) is 14.7 Å². The SMILES string of the molecule is Cc1cccc([C@H]2CCCN(C(=O)c3cccc(-n4cccn4)c3)C2)c1. The molecule has 4 nitrogen and oxygen atoms in total. The molecule has 3 aromatic rings. The van der Waals surface area contributed by atoms with Crippen LogP contribution in [0, 0.1) is 6.92 Å². The maximum absolute atomic E-state index is 13.1. The van der Waals surface area contributed by atoms with Gasteiger partial charge in [-0.05, 0) is 49.6 Å². The van der Waals surface area contributed by atoms with Gasteiger partial charge in [0.2, 0.25) is 0 Å². The summed E-state index contributed by atoms with van der Waals surface area (Å²) >= 11 is 0. The Bertz CT molecular complexity index is 901. The van der Waals surface area contributed by atoms with Crippen molar-refractivity contribution in [3.63, 3.8) is 0 Å². The number of rotatable bonds is 3. The van der Waals surface area contributed by atoms with Crippen molar-refractivity contribution >= 4 is 5.91 Å². The molecule has 0 spiro atoms. The second kappa shape index (κ2) is 7.16. The molecule has 26 heavy (non-hydrogen) atoms. The number of carbonyl (C=O) groups is 1. The highest BCUT2D eigenvalue weighted by atomic mass is 16.2. The van der Waals surface area contributed by atoms with Gasteiger partial charge in [-0.25, -0.2) is 4.68 Å². The number of hydrogen-bond donors (Lipinski definition) is 0. The Kier molecular flexibility index (Phi) is 4.57. The van der Waals surface area contributed by atoms with Crippen LogP contribution in [-0.2, 0) is 0 Å². The molecule has 2 aromatic carbocycles. The van der Waals surface area contributed by atoms with E-state index in [9.17, 15) is 4.79 Å². The molecule has 0 N–H and O–H groups in total. The van der Waals surface area contributed by atoms with Crippen LogP contribution in [-0.4, -0.2) is 33.7 Å². The van der Waals surface area contributed by atoms with E-state index in [1.54, 1.807) is 10.9 Å². The number of nitrogens with zero attached hydrogens (tertiary/aromatic N) is 3. The Morgan fingerprint density at radius 2 is 2.00 bits per heavy atom. The lowest BCUT2D eigenvalue weighted by Crippen LogP contribution is -2.39. The summed E-state index contributed by atoms with van der Waals surface area (Å²) in [5.74, 6) is 0.526. The number of amides is 1. The van der Waals surface area contributed by atoms with E-state index in [-0.39, 0.29) is 5.91 Å². The normalized spacial score (nSPS) is 17.3. The zero-order valence-corrected chi connectivity index (χ0v) is 15.0. The number of likely N-dealkylation sites (tertiary alicyclic amines) is 1. The minimum atomic E-state index is 0.108. The summed E-state index contributed by atoms with van der Waals surface area (Å²) in [6.45, 7) is 3.73. The van der Waals surface area contributed by atoms with E-state index < -0.39 is 0 Å². The van der Waals surface area contributed by atoms with Crippen LogP contribution in [0.4, 0.5) is 0 Å². The Hall–Kier alpha value is -2.88. The number of aryl methyl sites for hydroxylation is 1. The highest BCUT2D eigenvalue weighted by molar-refractivity contribution is 5.94. The summed E-state index contributed by atoms with van der Waals surface area (Å²) in [5, 5.41) is 4.25. The van der Waals surface area contributed by atoms with Crippen LogP contribution >= 0.6 is 0 Å². The molecule has 1 aliphatic heterocycles. The van der Waals surface area contributed by atoms with E-state index in [0.29, 0.717) is 5.92 Å². The molecule has 0 saturated carbocycles. The molecule has 1 atom stereocenters. The average molecular weight is 345 g/mol. The van der Waals surface area contributed by atoms with Crippen molar-refractivity contribution in [2.75, 3.05) is 13.1 Å². The van der Waals surface area contributed by atoms with E-state index >= 15 is 0 Å². The van der Waals surface area contributed by atoms with Gasteiger partial charge in [-0.3, -0.25) is 4.79 Å². The van der Waals surface area contributed by atoms with Crippen LogP contribution in [0.3, 0.4) is 0 Å². The van der Waals surface area contributed by atoms with Crippen LogP contribution in [0.25, 0.3) is 5.69 Å². The molecule has 1 aliphatic rings. The lowest BCUT2D eigenvalue weighted by atomic mass is 9.89. The molecule has 1 amide bonds. The van der Waals surface area contributed by atoms with E-state index in [1.807, 2.05) is 41.4 Å². The second-order valence-corrected chi connectivity index (χ2v) is 7.01. The summed E-state index contributed by atoms with van der Waals surface area (Å²) in [6, 6.07) is 18.3. The van der Waals surface area contributed by atoms with Gasteiger partial charge in [0, 0.05) is 37.0 Å². The third-order valence-electron chi connectivity index (χ3n) is 5.08. The molecular weight excluding hydrogens is 322 g/mol. The van der Waals surface area contributed by atoms with Gasteiger partial charge in [-0.15, -0.1) is 0 Å². The second-order valence-electron chi connectivity index (χ2n) is 7.01. The van der Waals surface area contributed by atoms with Crippen molar-refractivity contribution in [3.8, 4) is 5.69 Å². The minimum absolute atomic E-state index is 0.108. The van der Waals surface area contributed by atoms with Crippen molar-refractivity contribution in [1.29, 1.82) is 0 Å². The number of carbonyl (C=O) groups excluding carboxylic acids is 1. The molecule has 1 saturated heterocycles. The van der Waals surface area contributed by atoms with Crippen LogP contribution in [0.1, 0.15) is 40.2 Å².